The number of methoxy groups -OCH3 is 1. The SMILES string of the molecule is COc1cc(C#N)ccc1-c1nnc(N(C)C2CC(C)(C)NC(C)(C)C2)s1. The second-order valence-electron chi connectivity index (χ2n) is 8.48. The van der Waals surface area contributed by atoms with E-state index in [-0.39, 0.29) is 11.1 Å². The summed E-state index contributed by atoms with van der Waals surface area (Å²) in [5.41, 5.74) is 1.57. The second-order valence-corrected chi connectivity index (χ2v) is 9.44. The highest BCUT2D eigenvalue weighted by molar-refractivity contribution is 7.18. The molecule has 0 amide bonds. The first-order chi connectivity index (χ1) is 12.6. The van der Waals surface area contributed by atoms with Gasteiger partial charge in [-0.3, -0.25) is 0 Å². The Hall–Kier alpha value is -2.17. The van der Waals surface area contributed by atoms with Crippen LogP contribution in [0, 0.1) is 11.3 Å². The third-order valence-corrected chi connectivity index (χ3v) is 6.04. The average Bonchev–Trinajstić information content (AvgIpc) is 3.07. The van der Waals surface area contributed by atoms with E-state index in [1.165, 1.54) is 0 Å². The fourth-order valence-electron chi connectivity index (χ4n) is 4.10. The van der Waals surface area contributed by atoms with Crippen LogP contribution < -0.4 is 15.0 Å². The number of benzene rings is 1. The van der Waals surface area contributed by atoms with Gasteiger partial charge in [-0.25, -0.2) is 0 Å². The molecule has 0 bridgehead atoms. The maximum atomic E-state index is 9.08. The summed E-state index contributed by atoms with van der Waals surface area (Å²) in [5.74, 6) is 0.642. The predicted molar refractivity (Wildman–Crippen MR) is 109 cm³/mol. The molecule has 0 spiro atoms. The summed E-state index contributed by atoms with van der Waals surface area (Å²) in [6.07, 6.45) is 2.09. The lowest BCUT2D eigenvalue weighted by Crippen LogP contribution is -2.61. The van der Waals surface area contributed by atoms with Crippen LogP contribution in [0.5, 0.6) is 5.75 Å². The smallest absolute Gasteiger partial charge is 0.208 e. The number of nitrogens with zero attached hydrogens (tertiary/aromatic N) is 4. The molecule has 0 saturated carbocycles. The van der Waals surface area contributed by atoms with Crippen LogP contribution in [0.2, 0.25) is 0 Å². The molecule has 1 aliphatic heterocycles. The summed E-state index contributed by atoms with van der Waals surface area (Å²) < 4.78 is 5.45. The predicted octanol–water partition coefficient (Wildman–Crippen LogP) is 3.83. The fourth-order valence-corrected chi connectivity index (χ4v) is 5.01. The number of aromatic nitrogens is 2. The third kappa shape index (κ3) is 4.23. The summed E-state index contributed by atoms with van der Waals surface area (Å²) in [4.78, 5) is 2.25. The lowest BCUT2D eigenvalue weighted by molar-refractivity contribution is 0.161. The topological polar surface area (TPSA) is 74.1 Å². The second kappa shape index (κ2) is 7.10. The van der Waals surface area contributed by atoms with Gasteiger partial charge in [0.25, 0.3) is 0 Å². The first-order valence-corrected chi connectivity index (χ1v) is 9.90. The molecule has 6 nitrogen and oxygen atoms in total. The van der Waals surface area contributed by atoms with Gasteiger partial charge in [0.1, 0.15) is 5.75 Å². The number of rotatable bonds is 4. The van der Waals surface area contributed by atoms with E-state index in [1.54, 1.807) is 30.6 Å². The summed E-state index contributed by atoms with van der Waals surface area (Å²) in [6.45, 7) is 9.01. The van der Waals surface area contributed by atoms with Crippen LogP contribution >= 0.6 is 11.3 Å². The summed E-state index contributed by atoms with van der Waals surface area (Å²) in [7, 11) is 3.70. The minimum absolute atomic E-state index is 0.0739. The van der Waals surface area contributed by atoms with Gasteiger partial charge in [0.05, 0.1) is 24.3 Å². The van der Waals surface area contributed by atoms with Crippen LogP contribution in [-0.2, 0) is 0 Å². The van der Waals surface area contributed by atoms with E-state index in [4.69, 9.17) is 10.00 Å². The molecule has 0 radical (unpaired) electrons. The molecule has 1 aliphatic rings. The van der Waals surface area contributed by atoms with Crippen molar-refractivity contribution in [3.8, 4) is 22.4 Å². The van der Waals surface area contributed by atoms with Gasteiger partial charge in [-0.05, 0) is 58.7 Å². The zero-order valence-corrected chi connectivity index (χ0v) is 17.6. The Kier molecular flexibility index (Phi) is 5.15. The van der Waals surface area contributed by atoms with Crippen molar-refractivity contribution in [3.63, 3.8) is 0 Å². The highest BCUT2D eigenvalue weighted by Gasteiger charge is 2.39. The molecular formula is C20H27N5OS. The van der Waals surface area contributed by atoms with E-state index in [0.29, 0.717) is 17.4 Å². The Morgan fingerprint density at radius 2 is 1.89 bits per heavy atom. The molecule has 0 unspecified atom stereocenters. The Balaban J connectivity index is 1.87. The molecule has 2 heterocycles. The van der Waals surface area contributed by atoms with Crippen molar-refractivity contribution in [1.29, 1.82) is 5.26 Å². The Morgan fingerprint density at radius 1 is 1.22 bits per heavy atom. The van der Waals surface area contributed by atoms with Gasteiger partial charge in [-0.2, -0.15) is 5.26 Å². The van der Waals surface area contributed by atoms with E-state index in [0.717, 1.165) is 28.5 Å². The lowest BCUT2D eigenvalue weighted by Gasteiger charge is -2.48. The minimum Gasteiger partial charge on any atom is -0.496 e. The highest BCUT2D eigenvalue weighted by Crippen LogP contribution is 2.38. The Bertz CT molecular complexity index is 851. The third-order valence-electron chi connectivity index (χ3n) is 4.99. The monoisotopic (exact) mass is 385 g/mol. The van der Waals surface area contributed by atoms with Crippen LogP contribution in [-0.4, -0.2) is 41.5 Å². The summed E-state index contributed by atoms with van der Waals surface area (Å²) in [6, 6.07) is 7.91. The van der Waals surface area contributed by atoms with Crippen molar-refractivity contribution < 1.29 is 4.74 Å². The van der Waals surface area contributed by atoms with Crippen molar-refractivity contribution in [1.82, 2.24) is 15.5 Å². The summed E-state index contributed by atoms with van der Waals surface area (Å²) in [5, 5.41) is 23.3. The van der Waals surface area contributed by atoms with Crippen LogP contribution in [0.15, 0.2) is 18.2 Å². The number of nitrogens with one attached hydrogen (secondary N) is 1. The molecule has 1 saturated heterocycles. The van der Waals surface area contributed by atoms with Crippen LogP contribution in [0.1, 0.15) is 46.1 Å². The van der Waals surface area contributed by atoms with E-state index in [1.807, 2.05) is 6.07 Å². The van der Waals surface area contributed by atoms with Crippen LogP contribution in [0.4, 0.5) is 5.13 Å². The van der Waals surface area contributed by atoms with Crippen molar-refractivity contribution in [2.75, 3.05) is 19.1 Å². The molecule has 2 aromatic rings. The molecular weight excluding hydrogens is 358 g/mol. The van der Waals surface area contributed by atoms with Gasteiger partial charge in [0.15, 0.2) is 5.01 Å². The normalized spacial score (nSPS) is 18.7. The van der Waals surface area contributed by atoms with Gasteiger partial charge < -0.3 is 15.0 Å². The molecule has 144 valence electrons. The molecule has 3 rings (SSSR count). The number of ether oxygens (including phenoxy) is 1. The van der Waals surface area contributed by atoms with Gasteiger partial charge in [0, 0.05) is 24.2 Å². The first kappa shape index (κ1) is 19.6. The Labute approximate surface area is 165 Å². The molecule has 1 aromatic carbocycles. The van der Waals surface area contributed by atoms with Crippen LogP contribution in [0.3, 0.4) is 0 Å². The zero-order valence-electron chi connectivity index (χ0n) is 16.8. The van der Waals surface area contributed by atoms with E-state index >= 15 is 0 Å². The van der Waals surface area contributed by atoms with E-state index in [9.17, 15) is 0 Å². The molecule has 1 fully saturated rings. The van der Waals surface area contributed by atoms with E-state index in [2.05, 4.69) is 61.2 Å². The van der Waals surface area contributed by atoms with Crippen molar-refractivity contribution in [2.24, 2.45) is 0 Å². The van der Waals surface area contributed by atoms with Crippen molar-refractivity contribution in [2.45, 2.75) is 57.7 Å². The van der Waals surface area contributed by atoms with E-state index < -0.39 is 0 Å². The quantitative estimate of drug-likeness (QED) is 0.862. The molecule has 1 N–H and O–H groups in total. The summed E-state index contributed by atoms with van der Waals surface area (Å²) >= 11 is 1.55. The van der Waals surface area contributed by atoms with Gasteiger partial charge in [-0.1, -0.05) is 11.3 Å². The average molecular weight is 386 g/mol. The number of anilines is 1. The lowest BCUT2D eigenvalue weighted by atomic mass is 9.79. The molecule has 27 heavy (non-hydrogen) atoms. The maximum absolute atomic E-state index is 9.08. The van der Waals surface area contributed by atoms with Gasteiger partial charge >= 0.3 is 0 Å². The van der Waals surface area contributed by atoms with Gasteiger partial charge in [0.2, 0.25) is 5.13 Å². The molecule has 0 atom stereocenters. The number of nitriles is 1. The standard InChI is InChI=1S/C20H27N5OS/c1-19(2)10-14(11-20(3,4)24-19)25(5)18-23-22-17(27-18)15-8-7-13(12-21)9-16(15)26-6/h7-9,14,24H,10-11H2,1-6H3. The number of hydrogen-bond donors (Lipinski definition) is 1. The number of piperidine rings is 1. The number of hydrogen-bond acceptors (Lipinski definition) is 7. The van der Waals surface area contributed by atoms with Crippen LogP contribution in [0.25, 0.3) is 10.6 Å². The minimum atomic E-state index is 0.0739. The molecule has 1 aromatic heterocycles. The maximum Gasteiger partial charge on any atom is 0.208 e. The van der Waals surface area contributed by atoms with Crippen molar-refractivity contribution >= 4 is 16.5 Å². The molecule has 7 heteroatoms. The molecule has 0 aliphatic carbocycles. The van der Waals surface area contributed by atoms with Crippen molar-refractivity contribution in [3.05, 3.63) is 23.8 Å². The highest BCUT2D eigenvalue weighted by atomic mass is 32.1. The Morgan fingerprint density at radius 3 is 2.48 bits per heavy atom. The van der Waals surface area contributed by atoms with Gasteiger partial charge in [-0.15, -0.1) is 10.2 Å². The first-order valence-electron chi connectivity index (χ1n) is 9.08. The fraction of sp³-hybridized carbons (Fsp3) is 0.550. The zero-order chi connectivity index (χ0) is 19.8. The largest absolute Gasteiger partial charge is 0.496 e.